The summed E-state index contributed by atoms with van der Waals surface area (Å²) in [6.07, 6.45) is 1.88. The lowest BCUT2D eigenvalue weighted by Gasteiger charge is -2.10. The van der Waals surface area contributed by atoms with E-state index in [1.165, 1.54) is 18.3 Å². The van der Waals surface area contributed by atoms with Gasteiger partial charge in [0.05, 0.1) is 29.9 Å². The molecule has 0 spiro atoms. The molecule has 0 aliphatic rings. The van der Waals surface area contributed by atoms with Gasteiger partial charge in [0.25, 0.3) is 11.6 Å². The number of non-ortho nitro benzene ring substituents is 1. The number of anilines is 1. The molecule has 0 aliphatic carbocycles. The maximum Gasteiger partial charge on any atom is 0.271 e. The molecule has 10 heteroatoms. The number of methoxy groups -OCH3 is 2. The second kappa shape index (κ2) is 10.7. The average Bonchev–Trinajstić information content (AvgIpc) is 2.74. The van der Waals surface area contributed by atoms with Crippen molar-refractivity contribution in [2.75, 3.05) is 26.1 Å². The summed E-state index contributed by atoms with van der Waals surface area (Å²) < 4.78 is 10.4. The van der Waals surface area contributed by atoms with Crippen LogP contribution in [0.2, 0.25) is 5.02 Å². The highest BCUT2D eigenvalue weighted by Gasteiger charge is 2.15. The normalized spacial score (nSPS) is 10.7. The van der Waals surface area contributed by atoms with Gasteiger partial charge in [-0.2, -0.15) is 5.26 Å². The molecule has 1 amide bonds. The van der Waals surface area contributed by atoms with Crippen LogP contribution in [-0.4, -0.2) is 31.6 Å². The number of amides is 1. The smallest absolute Gasteiger partial charge is 0.271 e. The third-order valence-corrected chi connectivity index (χ3v) is 4.36. The van der Waals surface area contributed by atoms with Gasteiger partial charge < -0.3 is 20.1 Å². The summed E-state index contributed by atoms with van der Waals surface area (Å²) in [4.78, 5) is 22.6. The minimum absolute atomic E-state index is 0.0438. The Morgan fingerprint density at radius 1 is 1.23 bits per heavy atom. The molecule has 2 aromatic rings. The van der Waals surface area contributed by atoms with Gasteiger partial charge in [-0.05, 0) is 30.2 Å². The van der Waals surface area contributed by atoms with Gasteiger partial charge in [0.1, 0.15) is 11.6 Å². The van der Waals surface area contributed by atoms with Gasteiger partial charge in [-0.1, -0.05) is 17.7 Å². The second-order valence-electron chi connectivity index (χ2n) is 5.94. The Hall–Kier alpha value is -3.77. The predicted octanol–water partition coefficient (Wildman–Crippen LogP) is 3.44. The number of nitrogens with one attached hydrogen (secondary N) is 2. The first-order valence-electron chi connectivity index (χ1n) is 8.69. The van der Waals surface area contributed by atoms with Crippen LogP contribution in [-0.2, 0) is 11.2 Å². The standard InChI is InChI=1S/C20H19ClN4O5/c1-29-18-6-3-13(9-19(18)30-2)7-8-23-12-14(11-22)20(26)24-17-10-15(25(27)28)4-5-16(17)21/h3-6,9-10,12,23H,7-8H2,1-2H3,(H,24,26)/b14-12-. The predicted molar refractivity (Wildman–Crippen MR) is 112 cm³/mol. The molecule has 2 rings (SSSR count). The fraction of sp³-hybridized carbons (Fsp3) is 0.200. The van der Waals surface area contributed by atoms with E-state index in [1.54, 1.807) is 26.4 Å². The maximum absolute atomic E-state index is 12.3. The summed E-state index contributed by atoms with van der Waals surface area (Å²) in [5.74, 6) is 0.493. The highest BCUT2D eigenvalue weighted by molar-refractivity contribution is 6.34. The number of nitro groups is 1. The van der Waals surface area contributed by atoms with Crippen molar-refractivity contribution >= 4 is 28.9 Å². The first kappa shape index (κ1) is 22.5. The monoisotopic (exact) mass is 430 g/mol. The molecule has 0 aliphatic heterocycles. The lowest BCUT2D eigenvalue weighted by atomic mass is 10.1. The highest BCUT2D eigenvalue weighted by Crippen LogP contribution is 2.28. The van der Waals surface area contributed by atoms with Crippen LogP contribution in [0.25, 0.3) is 0 Å². The van der Waals surface area contributed by atoms with Crippen molar-refractivity contribution in [3.8, 4) is 17.6 Å². The summed E-state index contributed by atoms with van der Waals surface area (Å²) >= 11 is 5.96. The third kappa shape index (κ3) is 5.86. The molecule has 0 heterocycles. The van der Waals surface area contributed by atoms with Crippen molar-refractivity contribution < 1.29 is 19.2 Å². The molecular formula is C20H19ClN4O5. The van der Waals surface area contributed by atoms with Crippen LogP contribution in [0.3, 0.4) is 0 Å². The van der Waals surface area contributed by atoms with Gasteiger partial charge >= 0.3 is 0 Å². The maximum atomic E-state index is 12.3. The molecule has 0 aromatic heterocycles. The number of nitrogens with zero attached hydrogens (tertiary/aromatic N) is 2. The Morgan fingerprint density at radius 3 is 2.60 bits per heavy atom. The van der Waals surface area contributed by atoms with Crippen LogP contribution in [0.1, 0.15) is 5.56 Å². The largest absolute Gasteiger partial charge is 0.493 e. The number of benzene rings is 2. The summed E-state index contributed by atoms with van der Waals surface area (Å²) in [6, 6.07) is 10.9. The molecule has 0 bridgehead atoms. The van der Waals surface area contributed by atoms with Crippen LogP contribution < -0.4 is 20.1 Å². The molecule has 0 saturated heterocycles. The highest BCUT2D eigenvalue weighted by atomic mass is 35.5. The Balaban J connectivity index is 1.99. The zero-order chi connectivity index (χ0) is 22.1. The Bertz CT molecular complexity index is 1020. The van der Waals surface area contributed by atoms with Crippen molar-refractivity contribution in [1.29, 1.82) is 5.26 Å². The van der Waals surface area contributed by atoms with Crippen molar-refractivity contribution in [1.82, 2.24) is 5.32 Å². The first-order valence-corrected chi connectivity index (χ1v) is 9.07. The quantitative estimate of drug-likeness (QED) is 0.205. The summed E-state index contributed by atoms with van der Waals surface area (Å²) in [5, 5.41) is 25.5. The molecule has 156 valence electrons. The van der Waals surface area contributed by atoms with E-state index in [0.717, 1.165) is 11.6 Å². The number of nitro benzene ring substituents is 1. The third-order valence-electron chi connectivity index (χ3n) is 4.03. The molecule has 30 heavy (non-hydrogen) atoms. The minimum atomic E-state index is -0.737. The number of nitriles is 1. The number of halogens is 1. The van der Waals surface area contributed by atoms with Gasteiger partial charge in [0, 0.05) is 24.9 Å². The van der Waals surface area contributed by atoms with Gasteiger partial charge in [-0.15, -0.1) is 0 Å². The first-order chi connectivity index (χ1) is 14.4. The van der Waals surface area contributed by atoms with E-state index in [9.17, 15) is 20.2 Å². The van der Waals surface area contributed by atoms with E-state index in [-0.39, 0.29) is 22.0 Å². The fourth-order valence-electron chi connectivity index (χ4n) is 2.49. The van der Waals surface area contributed by atoms with E-state index < -0.39 is 10.8 Å². The summed E-state index contributed by atoms with van der Waals surface area (Å²) in [5.41, 5.74) is 0.581. The van der Waals surface area contributed by atoms with Crippen LogP contribution in [0.4, 0.5) is 11.4 Å². The average molecular weight is 431 g/mol. The van der Waals surface area contributed by atoms with E-state index >= 15 is 0 Å². The number of hydrogen-bond donors (Lipinski definition) is 2. The SMILES string of the molecule is COc1ccc(CCN/C=C(/C#N)C(=O)Nc2cc([N+](=O)[O-])ccc2Cl)cc1OC. The molecule has 0 saturated carbocycles. The lowest BCUT2D eigenvalue weighted by Crippen LogP contribution is -2.18. The minimum Gasteiger partial charge on any atom is -0.493 e. The van der Waals surface area contributed by atoms with Crippen LogP contribution >= 0.6 is 11.6 Å². The van der Waals surface area contributed by atoms with Gasteiger partial charge in [-0.25, -0.2) is 0 Å². The van der Waals surface area contributed by atoms with Crippen molar-refractivity contribution in [2.45, 2.75) is 6.42 Å². The van der Waals surface area contributed by atoms with Crippen LogP contribution in [0, 0.1) is 21.4 Å². The number of rotatable bonds is 9. The summed E-state index contributed by atoms with van der Waals surface area (Å²) in [6.45, 7) is 0.450. The lowest BCUT2D eigenvalue weighted by molar-refractivity contribution is -0.384. The van der Waals surface area contributed by atoms with Crippen molar-refractivity contribution in [3.05, 3.63) is 68.9 Å². The van der Waals surface area contributed by atoms with E-state index in [1.807, 2.05) is 12.1 Å². The molecule has 9 nitrogen and oxygen atoms in total. The second-order valence-corrected chi connectivity index (χ2v) is 6.35. The Kier molecular flexibility index (Phi) is 8.02. The van der Waals surface area contributed by atoms with Gasteiger partial charge in [0.2, 0.25) is 0 Å². The van der Waals surface area contributed by atoms with Gasteiger partial charge in [0.15, 0.2) is 11.5 Å². The number of hydrogen-bond acceptors (Lipinski definition) is 7. The van der Waals surface area contributed by atoms with E-state index in [0.29, 0.717) is 24.5 Å². The van der Waals surface area contributed by atoms with Crippen molar-refractivity contribution in [3.63, 3.8) is 0 Å². The zero-order valence-electron chi connectivity index (χ0n) is 16.3. The summed E-state index contributed by atoms with van der Waals surface area (Å²) in [7, 11) is 3.10. The Labute approximate surface area is 178 Å². The van der Waals surface area contributed by atoms with Crippen molar-refractivity contribution in [2.24, 2.45) is 0 Å². The molecule has 0 radical (unpaired) electrons. The number of carbonyl (C=O) groups is 1. The fourth-order valence-corrected chi connectivity index (χ4v) is 2.65. The van der Waals surface area contributed by atoms with Crippen LogP contribution in [0.15, 0.2) is 48.2 Å². The zero-order valence-corrected chi connectivity index (χ0v) is 17.0. The van der Waals surface area contributed by atoms with E-state index in [2.05, 4.69) is 10.6 Å². The molecular weight excluding hydrogens is 412 g/mol. The van der Waals surface area contributed by atoms with Crippen LogP contribution in [0.5, 0.6) is 11.5 Å². The number of ether oxygens (including phenoxy) is 2. The molecule has 0 atom stereocenters. The van der Waals surface area contributed by atoms with E-state index in [4.69, 9.17) is 21.1 Å². The molecule has 2 aromatic carbocycles. The molecule has 0 fully saturated rings. The Morgan fingerprint density at radius 2 is 1.97 bits per heavy atom. The topological polar surface area (TPSA) is 127 Å². The van der Waals surface area contributed by atoms with Gasteiger partial charge in [-0.3, -0.25) is 14.9 Å². The molecule has 0 unspecified atom stereocenters. The molecule has 2 N–H and O–H groups in total. The number of carbonyl (C=O) groups excluding carboxylic acids is 1.